The molecule has 1 aliphatic heterocycles. The number of allylic oxidation sites excluding steroid dienone is 2. The number of methoxy groups -OCH3 is 1. The standard InChI is InChI=1S/C24H22ClN3O5/c1-13-16(25)8-4-9-17(13)27-18-10-5-11-19(29)21(18)20(22(23(27)26)24(30)33-2)14-6-3-7-15(12-14)28(31)32/h3-4,6-9,12,20H,5,10-11,26H2,1-2H3. The topological polar surface area (TPSA) is 116 Å². The van der Waals surface area contributed by atoms with E-state index in [4.69, 9.17) is 22.1 Å². The number of hydrogen-bond donors (Lipinski definition) is 1. The van der Waals surface area contributed by atoms with Gasteiger partial charge in [0, 0.05) is 34.8 Å². The Morgan fingerprint density at radius 3 is 2.67 bits per heavy atom. The number of anilines is 1. The van der Waals surface area contributed by atoms with Crippen molar-refractivity contribution in [2.45, 2.75) is 32.1 Å². The molecule has 2 N–H and O–H groups in total. The van der Waals surface area contributed by atoms with E-state index in [2.05, 4.69) is 0 Å². The van der Waals surface area contributed by atoms with Crippen molar-refractivity contribution >= 4 is 34.7 Å². The average Bonchev–Trinajstić information content (AvgIpc) is 2.80. The van der Waals surface area contributed by atoms with E-state index in [-0.39, 0.29) is 22.9 Å². The van der Waals surface area contributed by atoms with E-state index in [1.165, 1.54) is 25.3 Å². The molecule has 170 valence electrons. The molecular formula is C24H22ClN3O5. The molecule has 0 amide bonds. The molecule has 2 aliphatic rings. The Labute approximate surface area is 195 Å². The molecule has 33 heavy (non-hydrogen) atoms. The lowest BCUT2D eigenvalue weighted by Crippen LogP contribution is -2.41. The lowest BCUT2D eigenvalue weighted by molar-refractivity contribution is -0.384. The van der Waals surface area contributed by atoms with E-state index in [9.17, 15) is 19.7 Å². The average molecular weight is 468 g/mol. The first-order chi connectivity index (χ1) is 15.8. The molecule has 1 unspecified atom stereocenters. The maximum Gasteiger partial charge on any atom is 0.338 e. The molecule has 0 radical (unpaired) electrons. The number of nitrogens with zero attached hydrogens (tertiary/aromatic N) is 2. The quantitative estimate of drug-likeness (QED) is 0.399. The summed E-state index contributed by atoms with van der Waals surface area (Å²) in [6, 6.07) is 11.2. The summed E-state index contributed by atoms with van der Waals surface area (Å²) >= 11 is 6.36. The zero-order chi connectivity index (χ0) is 23.9. The summed E-state index contributed by atoms with van der Waals surface area (Å²) in [7, 11) is 1.23. The number of hydrogen-bond acceptors (Lipinski definition) is 7. The van der Waals surface area contributed by atoms with Crippen LogP contribution in [0.5, 0.6) is 0 Å². The number of benzene rings is 2. The van der Waals surface area contributed by atoms with Gasteiger partial charge in [0.15, 0.2) is 5.78 Å². The van der Waals surface area contributed by atoms with Crippen LogP contribution in [-0.4, -0.2) is 23.8 Å². The molecule has 2 aromatic carbocycles. The van der Waals surface area contributed by atoms with Crippen LogP contribution in [0, 0.1) is 17.0 Å². The van der Waals surface area contributed by atoms with Gasteiger partial charge >= 0.3 is 5.97 Å². The van der Waals surface area contributed by atoms with Crippen LogP contribution >= 0.6 is 11.6 Å². The van der Waals surface area contributed by atoms with E-state index >= 15 is 0 Å². The number of non-ortho nitro benzene ring substituents is 1. The van der Waals surface area contributed by atoms with Crippen molar-refractivity contribution in [3.8, 4) is 0 Å². The largest absolute Gasteiger partial charge is 0.466 e. The molecule has 0 saturated heterocycles. The summed E-state index contributed by atoms with van der Waals surface area (Å²) in [5.41, 5.74) is 9.41. The fourth-order valence-electron chi connectivity index (χ4n) is 4.56. The molecule has 2 aromatic rings. The van der Waals surface area contributed by atoms with Crippen molar-refractivity contribution in [2.24, 2.45) is 5.73 Å². The number of nitrogens with two attached hydrogens (primary N) is 1. The second-order valence-corrected chi connectivity index (χ2v) is 8.34. The fourth-order valence-corrected chi connectivity index (χ4v) is 4.73. The SMILES string of the molecule is COC(=O)C1=C(N)N(c2cccc(Cl)c2C)C2=C(C(=O)CCC2)C1c1cccc([N+](=O)[O-])c1. The van der Waals surface area contributed by atoms with Gasteiger partial charge in [-0.3, -0.25) is 19.8 Å². The first-order valence-electron chi connectivity index (χ1n) is 10.4. The maximum atomic E-state index is 13.3. The zero-order valence-electron chi connectivity index (χ0n) is 18.1. The minimum absolute atomic E-state index is 0.0615. The minimum Gasteiger partial charge on any atom is -0.466 e. The smallest absolute Gasteiger partial charge is 0.338 e. The van der Waals surface area contributed by atoms with Gasteiger partial charge in [0.05, 0.1) is 29.2 Å². The highest BCUT2D eigenvalue weighted by Gasteiger charge is 2.43. The molecular weight excluding hydrogens is 446 g/mol. The Hall–Kier alpha value is -3.65. The highest BCUT2D eigenvalue weighted by atomic mass is 35.5. The summed E-state index contributed by atoms with van der Waals surface area (Å²) < 4.78 is 5.05. The number of ether oxygens (including phenoxy) is 1. The molecule has 8 nitrogen and oxygen atoms in total. The van der Waals surface area contributed by atoms with Crippen molar-refractivity contribution in [1.82, 2.24) is 0 Å². The normalized spacial score (nSPS) is 18.3. The summed E-state index contributed by atoms with van der Waals surface area (Å²) in [5, 5.41) is 11.9. The first-order valence-corrected chi connectivity index (χ1v) is 10.8. The van der Waals surface area contributed by atoms with E-state index in [0.29, 0.717) is 46.8 Å². The molecule has 0 aromatic heterocycles. The first kappa shape index (κ1) is 22.5. The van der Waals surface area contributed by atoms with Gasteiger partial charge in [0.25, 0.3) is 5.69 Å². The van der Waals surface area contributed by atoms with Crippen LogP contribution in [-0.2, 0) is 14.3 Å². The van der Waals surface area contributed by atoms with Crippen LogP contribution in [0.1, 0.15) is 36.3 Å². The monoisotopic (exact) mass is 467 g/mol. The molecule has 1 heterocycles. The predicted octanol–water partition coefficient (Wildman–Crippen LogP) is 4.51. The number of carbonyl (C=O) groups excluding carboxylic acids is 2. The van der Waals surface area contributed by atoms with E-state index in [1.807, 2.05) is 13.0 Å². The van der Waals surface area contributed by atoms with Gasteiger partial charge in [0.2, 0.25) is 0 Å². The number of nitro benzene ring substituents is 1. The minimum atomic E-state index is -0.879. The number of Topliss-reactive ketones (excluding diaryl/α,β-unsaturated/α-hetero) is 1. The van der Waals surface area contributed by atoms with E-state index in [1.54, 1.807) is 23.1 Å². The second kappa shape index (κ2) is 8.71. The molecule has 1 atom stereocenters. The van der Waals surface area contributed by atoms with Crippen molar-refractivity contribution in [3.05, 3.63) is 91.4 Å². The van der Waals surface area contributed by atoms with Crippen molar-refractivity contribution < 1.29 is 19.2 Å². The zero-order valence-corrected chi connectivity index (χ0v) is 18.9. The third-order valence-corrected chi connectivity index (χ3v) is 6.50. The van der Waals surface area contributed by atoms with Crippen molar-refractivity contribution in [2.75, 3.05) is 12.0 Å². The van der Waals surface area contributed by atoms with Crippen LogP contribution in [0.2, 0.25) is 5.02 Å². The summed E-state index contributed by atoms with van der Waals surface area (Å²) in [6.07, 6.45) is 1.48. The molecule has 0 saturated carbocycles. The molecule has 0 fully saturated rings. The van der Waals surface area contributed by atoms with Crippen molar-refractivity contribution in [1.29, 1.82) is 0 Å². The van der Waals surface area contributed by atoms with Gasteiger partial charge in [-0.05, 0) is 43.0 Å². The van der Waals surface area contributed by atoms with Crippen LogP contribution in [0.3, 0.4) is 0 Å². The summed E-state index contributed by atoms with van der Waals surface area (Å²) in [4.78, 5) is 38.9. The number of halogens is 1. The Morgan fingerprint density at radius 2 is 1.97 bits per heavy atom. The Bertz CT molecular complexity index is 1250. The van der Waals surface area contributed by atoms with E-state index < -0.39 is 16.8 Å². The summed E-state index contributed by atoms with van der Waals surface area (Å²) in [6.45, 7) is 1.83. The number of carbonyl (C=O) groups is 2. The fraction of sp³-hybridized carbons (Fsp3) is 0.250. The number of rotatable bonds is 4. The highest BCUT2D eigenvalue weighted by molar-refractivity contribution is 6.31. The Morgan fingerprint density at radius 1 is 1.24 bits per heavy atom. The van der Waals surface area contributed by atoms with Gasteiger partial charge in [0.1, 0.15) is 5.82 Å². The van der Waals surface area contributed by atoms with Gasteiger partial charge < -0.3 is 10.5 Å². The lowest BCUT2D eigenvalue weighted by atomic mass is 9.75. The number of ketones is 1. The van der Waals surface area contributed by atoms with Crippen molar-refractivity contribution in [3.63, 3.8) is 0 Å². The molecule has 1 aliphatic carbocycles. The molecule has 0 bridgehead atoms. The van der Waals surface area contributed by atoms with Crippen LogP contribution in [0.25, 0.3) is 0 Å². The van der Waals surface area contributed by atoms with E-state index in [0.717, 1.165) is 5.56 Å². The number of esters is 1. The van der Waals surface area contributed by atoms with Crippen LogP contribution in [0.15, 0.2) is 65.1 Å². The number of nitro groups is 1. The molecule has 9 heteroatoms. The van der Waals surface area contributed by atoms with Crippen LogP contribution < -0.4 is 10.6 Å². The van der Waals surface area contributed by atoms with Crippen LogP contribution in [0.4, 0.5) is 11.4 Å². The van der Waals surface area contributed by atoms with Gasteiger partial charge in [-0.2, -0.15) is 0 Å². The molecule has 4 rings (SSSR count). The maximum absolute atomic E-state index is 13.3. The second-order valence-electron chi connectivity index (χ2n) is 7.93. The third kappa shape index (κ3) is 3.76. The highest BCUT2D eigenvalue weighted by Crippen LogP contribution is 2.48. The predicted molar refractivity (Wildman–Crippen MR) is 124 cm³/mol. The van der Waals surface area contributed by atoms with Gasteiger partial charge in [-0.15, -0.1) is 0 Å². The van der Waals surface area contributed by atoms with Gasteiger partial charge in [-0.25, -0.2) is 4.79 Å². The lowest BCUT2D eigenvalue weighted by Gasteiger charge is -2.41. The summed E-state index contributed by atoms with van der Waals surface area (Å²) in [5.74, 6) is -1.61. The van der Waals surface area contributed by atoms with Gasteiger partial charge in [-0.1, -0.05) is 29.8 Å². The third-order valence-electron chi connectivity index (χ3n) is 6.09. The molecule has 0 spiro atoms. The Kier molecular flexibility index (Phi) is 5.95. The Balaban J connectivity index is 2.04.